The number of carboxylic acids is 1. The van der Waals surface area contributed by atoms with Gasteiger partial charge in [0.25, 0.3) is 0 Å². The summed E-state index contributed by atoms with van der Waals surface area (Å²) in [6.07, 6.45) is 1.48. The van der Waals surface area contributed by atoms with E-state index in [1.54, 1.807) is 0 Å². The lowest BCUT2D eigenvalue weighted by Crippen LogP contribution is -2.37. The van der Waals surface area contributed by atoms with Gasteiger partial charge >= 0.3 is 12.0 Å². The van der Waals surface area contributed by atoms with E-state index in [-0.39, 0.29) is 18.5 Å². The molecule has 0 aliphatic carbocycles. The highest BCUT2D eigenvalue weighted by Gasteiger charge is 2.09. The van der Waals surface area contributed by atoms with Crippen LogP contribution in [0.25, 0.3) is 0 Å². The molecule has 0 aliphatic rings. The lowest BCUT2D eigenvalue weighted by Gasteiger charge is -2.16. The molecule has 0 aromatic heterocycles. The van der Waals surface area contributed by atoms with E-state index in [4.69, 9.17) is 9.84 Å². The molecule has 0 aliphatic heterocycles. The van der Waals surface area contributed by atoms with Gasteiger partial charge in [0.2, 0.25) is 0 Å². The number of hydrogen-bond donors (Lipinski definition) is 3. The topological polar surface area (TPSA) is 87.7 Å². The molecule has 1 aromatic rings. The van der Waals surface area contributed by atoms with Crippen molar-refractivity contribution in [1.82, 2.24) is 10.6 Å². The number of rotatable bonds is 10. The second kappa shape index (κ2) is 10.5. The largest absolute Gasteiger partial charge is 0.494 e. The molecule has 0 spiro atoms. The van der Waals surface area contributed by atoms with E-state index in [9.17, 15) is 9.59 Å². The Hall–Kier alpha value is -2.24. The number of aliphatic carboxylic acids is 1. The summed E-state index contributed by atoms with van der Waals surface area (Å²) in [4.78, 5) is 22.1. The van der Waals surface area contributed by atoms with Crippen molar-refractivity contribution in [2.45, 2.75) is 46.1 Å². The number of carboxylic acid groups (broad SMARTS) is 1. The van der Waals surface area contributed by atoms with Crippen LogP contribution in [-0.4, -0.2) is 30.3 Å². The van der Waals surface area contributed by atoms with Crippen molar-refractivity contribution in [3.05, 3.63) is 29.8 Å². The van der Waals surface area contributed by atoms with Crippen LogP contribution in [0, 0.1) is 5.92 Å². The van der Waals surface area contributed by atoms with Gasteiger partial charge in [0.05, 0.1) is 12.6 Å². The Balaban J connectivity index is 2.34. The molecule has 3 N–H and O–H groups in total. The molecule has 0 saturated carbocycles. The minimum atomic E-state index is -0.860. The minimum Gasteiger partial charge on any atom is -0.494 e. The van der Waals surface area contributed by atoms with Gasteiger partial charge in [0, 0.05) is 13.0 Å². The molecule has 6 heteroatoms. The van der Waals surface area contributed by atoms with Gasteiger partial charge < -0.3 is 20.5 Å². The molecule has 2 amide bonds. The van der Waals surface area contributed by atoms with Gasteiger partial charge in [-0.15, -0.1) is 0 Å². The van der Waals surface area contributed by atoms with Crippen LogP contribution in [0.15, 0.2) is 24.3 Å². The third kappa shape index (κ3) is 8.41. The minimum absolute atomic E-state index is 0.0497. The van der Waals surface area contributed by atoms with Crippen LogP contribution in [0.2, 0.25) is 0 Å². The summed E-state index contributed by atoms with van der Waals surface area (Å²) in [6, 6.07) is 7.22. The predicted molar refractivity (Wildman–Crippen MR) is 93.2 cm³/mol. The van der Waals surface area contributed by atoms with Crippen LogP contribution >= 0.6 is 0 Å². The molecule has 0 heterocycles. The van der Waals surface area contributed by atoms with Gasteiger partial charge in [-0.05, 0) is 43.4 Å². The van der Waals surface area contributed by atoms with Crippen LogP contribution in [0.5, 0.6) is 5.75 Å². The van der Waals surface area contributed by atoms with Crippen LogP contribution in [0.4, 0.5) is 4.79 Å². The van der Waals surface area contributed by atoms with Gasteiger partial charge in [-0.2, -0.15) is 0 Å². The summed E-state index contributed by atoms with van der Waals surface area (Å²) in [5.74, 6) is 0.577. The molecule has 24 heavy (non-hydrogen) atoms. The van der Waals surface area contributed by atoms with Crippen molar-refractivity contribution in [3.8, 4) is 5.75 Å². The fourth-order valence-electron chi connectivity index (χ4n) is 2.04. The average molecular weight is 336 g/mol. The predicted octanol–water partition coefficient (Wildman–Crippen LogP) is 3.34. The summed E-state index contributed by atoms with van der Waals surface area (Å²) in [5.41, 5.74) is 0.979. The number of urea groups is 1. The molecule has 0 saturated heterocycles. The summed E-state index contributed by atoms with van der Waals surface area (Å²) < 4.78 is 5.67. The van der Waals surface area contributed by atoms with Crippen molar-refractivity contribution in [1.29, 1.82) is 0 Å². The average Bonchev–Trinajstić information content (AvgIpc) is 2.51. The second-order valence-corrected chi connectivity index (χ2v) is 6.22. The first-order chi connectivity index (χ1) is 11.4. The molecule has 1 aromatic carbocycles. The lowest BCUT2D eigenvalue weighted by molar-refractivity contribution is -0.137. The first kappa shape index (κ1) is 19.8. The Labute approximate surface area is 143 Å². The summed E-state index contributed by atoms with van der Waals surface area (Å²) >= 11 is 0. The first-order valence-corrected chi connectivity index (χ1v) is 8.37. The molecular weight excluding hydrogens is 308 g/mol. The quantitative estimate of drug-likeness (QED) is 0.572. The lowest BCUT2D eigenvalue weighted by atomic mass is 10.1. The summed E-state index contributed by atoms with van der Waals surface area (Å²) in [5, 5.41) is 14.0. The highest BCUT2D eigenvalue weighted by atomic mass is 16.5. The zero-order valence-electron chi connectivity index (χ0n) is 14.7. The van der Waals surface area contributed by atoms with E-state index in [0.29, 0.717) is 25.5 Å². The van der Waals surface area contributed by atoms with E-state index in [1.807, 2.05) is 31.2 Å². The monoisotopic (exact) mass is 336 g/mol. The van der Waals surface area contributed by atoms with Gasteiger partial charge in [0.15, 0.2) is 0 Å². The number of hydrogen-bond acceptors (Lipinski definition) is 3. The van der Waals surface area contributed by atoms with Gasteiger partial charge in [-0.1, -0.05) is 26.0 Å². The van der Waals surface area contributed by atoms with E-state index in [0.717, 1.165) is 17.7 Å². The number of benzene rings is 1. The molecule has 6 nitrogen and oxygen atoms in total. The summed E-state index contributed by atoms with van der Waals surface area (Å²) in [6.45, 7) is 7.25. The summed E-state index contributed by atoms with van der Waals surface area (Å²) in [7, 11) is 0. The second-order valence-electron chi connectivity index (χ2n) is 6.22. The third-order valence-electron chi connectivity index (χ3n) is 3.54. The van der Waals surface area contributed by atoms with Gasteiger partial charge in [-0.3, -0.25) is 4.79 Å². The van der Waals surface area contributed by atoms with Crippen LogP contribution in [0.3, 0.4) is 0 Å². The van der Waals surface area contributed by atoms with Crippen LogP contribution < -0.4 is 15.4 Å². The Kier molecular flexibility index (Phi) is 8.68. The fourth-order valence-corrected chi connectivity index (χ4v) is 2.04. The van der Waals surface area contributed by atoms with Crippen molar-refractivity contribution in [2.24, 2.45) is 5.92 Å². The van der Waals surface area contributed by atoms with Crippen molar-refractivity contribution < 1.29 is 19.4 Å². The smallest absolute Gasteiger partial charge is 0.315 e. The van der Waals surface area contributed by atoms with Crippen molar-refractivity contribution in [2.75, 3.05) is 13.2 Å². The SMILES string of the molecule is CC(C)CCOc1ccc(C(C)NC(=O)NCCCC(=O)O)cc1. The Morgan fingerprint density at radius 1 is 1.17 bits per heavy atom. The number of amides is 2. The Bertz CT molecular complexity index is 514. The molecule has 0 radical (unpaired) electrons. The number of carbonyl (C=O) groups is 2. The molecule has 1 rings (SSSR count). The maximum absolute atomic E-state index is 11.7. The molecular formula is C18H28N2O4. The Morgan fingerprint density at radius 2 is 1.83 bits per heavy atom. The highest BCUT2D eigenvalue weighted by molar-refractivity contribution is 5.74. The van der Waals surface area contributed by atoms with Gasteiger partial charge in [0.1, 0.15) is 5.75 Å². The number of nitrogens with one attached hydrogen (secondary N) is 2. The van der Waals surface area contributed by atoms with E-state index >= 15 is 0 Å². The molecule has 1 atom stereocenters. The van der Waals surface area contributed by atoms with Crippen molar-refractivity contribution >= 4 is 12.0 Å². The standard InChI is InChI=1S/C18H28N2O4/c1-13(2)10-12-24-16-8-6-15(7-9-16)14(3)20-18(23)19-11-4-5-17(21)22/h6-9,13-14H,4-5,10-12H2,1-3H3,(H,21,22)(H2,19,20,23). The molecule has 0 bridgehead atoms. The number of ether oxygens (including phenoxy) is 1. The zero-order valence-corrected chi connectivity index (χ0v) is 14.7. The van der Waals surface area contributed by atoms with Crippen molar-refractivity contribution in [3.63, 3.8) is 0 Å². The Morgan fingerprint density at radius 3 is 2.42 bits per heavy atom. The molecule has 1 unspecified atom stereocenters. The molecule has 134 valence electrons. The maximum Gasteiger partial charge on any atom is 0.315 e. The first-order valence-electron chi connectivity index (χ1n) is 8.37. The third-order valence-corrected chi connectivity index (χ3v) is 3.54. The number of carbonyl (C=O) groups excluding carboxylic acids is 1. The van der Waals surface area contributed by atoms with E-state index in [2.05, 4.69) is 24.5 Å². The fraction of sp³-hybridized carbons (Fsp3) is 0.556. The highest BCUT2D eigenvalue weighted by Crippen LogP contribution is 2.18. The van der Waals surface area contributed by atoms with Crippen LogP contribution in [-0.2, 0) is 4.79 Å². The van der Waals surface area contributed by atoms with E-state index in [1.165, 1.54) is 0 Å². The molecule has 0 fully saturated rings. The normalized spacial score (nSPS) is 11.8. The van der Waals surface area contributed by atoms with Crippen LogP contribution in [0.1, 0.15) is 51.6 Å². The maximum atomic E-state index is 11.7. The van der Waals surface area contributed by atoms with Gasteiger partial charge in [-0.25, -0.2) is 4.79 Å². The van der Waals surface area contributed by atoms with E-state index < -0.39 is 5.97 Å². The zero-order chi connectivity index (χ0) is 17.9.